The van der Waals surface area contributed by atoms with Crippen molar-refractivity contribution in [2.45, 2.75) is 19.0 Å². The first-order valence-electron chi connectivity index (χ1n) is 6.25. The summed E-state index contributed by atoms with van der Waals surface area (Å²) in [5, 5.41) is 11.4. The first-order valence-corrected chi connectivity index (χ1v) is 7.65. The highest BCUT2D eigenvalue weighted by atomic mass is 32.2. The number of nitrogens with one attached hydrogen (secondary N) is 1. The second-order valence-corrected chi connectivity index (χ2v) is 5.50. The molecule has 1 aromatic rings. The number of hydrogen-bond acceptors (Lipinski definition) is 4. The number of carbonyl (C=O) groups is 2. The Kier molecular flexibility index (Phi) is 4.64. The van der Waals surface area contributed by atoms with Crippen LogP contribution < -0.4 is 5.32 Å². The van der Waals surface area contributed by atoms with Crippen LogP contribution in [0.25, 0.3) is 0 Å². The van der Waals surface area contributed by atoms with Crippen LogP contribution in [0.15, 0.2) is 24.3 Å². The van der Waals surface area contributed by atoms with Crippen molar-refractivity contribution < 1.29 is 9.59 Å². The Morgan fingerprint density at radius 1 is 1.35 bits per heavy atom. The summed E-state index contributed by atoms with van der Waals surface area (Å²) in [5.41, 5.74) is 1.39. The molecule has 0 aromatic heterocycles. The molecule has 1 atom stereocenters. The van der Waals surface area contributed by atoms with Crippen LogP contribution in [0.2, 0.25) is 0 Å². The second-order valence-electron chi connectivity index (χ2n) is 4.52. The molecule has 0 unspecified atom stereocenters. The number of imide groups is 1. The van der Waals surface area contributed by atoms with Gasteiger partial charge in [-0.25, -0.2) is 4.79 Å². The number of nitriles is 1. The normalized spacial score (nSPS) is 18.0. The molecule has 1 heterocycles. The number of thioether (sulfide) groups is 1. The maximum Gasteiger partial charge on any atom is 0.325 e. The summed E-state index contributed by atoms with van der Waals surface area (Å²) in [4.78, 5) is 25.2. The van der Waals surface area contributed by atoms with Gasteiger partial charge >= 0.3 is 6.03 Å². The summed E-state index contributed by atoms with van der Waals surface area (Å²) >= 11 is 1.65. The number of amides is 3. The Morgan fingerprint density at radius 3 is 2.65 bits per heavy atom. The van der Waals surface area contributed by atoms with Gasteiger partial charge in [-0.2, -0.15) is 17.0 Å². The fourth-order valence-electron chi connectivity index (χ4n) is 2.03. The van der Waals surface area contributed by atoms with Gasteiger partial charge in [0, 0.05) is 0 Å². The van der Waals surface area contributed by atoms with Gasteiger partial charge < -0.3 is 5.32 Å². The quantitative estimate of drug-likeness (QED) is 0.838. The van der Waals surface area contributed by atoms with E-state index in [9.17, 15) is 9.59 Å². The monoisotopic (exact) mass is 289 g/mol. The van der Waals surface area contributed by atoms with E-state index in [2.05, 4.69) is 5.32 Å². The minimum absolute atomic E-state index is 0.173. The summed E-state index contributed by atoms with van der Waals surface area (Å²) < 4.78 is 0. The molecule has 1 aliphatic heterocycles. The van der Waals surface area contributed by atoms with Crippen LogP contribution in [0.5, 0.6) is 0 Å². The van der Waals surface area contributed by atoms with E-state index in [-0.39, 0.29) is 18.5 Å². The van der Waals surface area contributed by atoms with Gasteiger partial charge in [-0.05, 0) is 36.1 Å². The molecule has 5 nitrogen and oxygen atoms in total. The maximum absolute atomic E-state index is 12.1. The Hall–Kier alpha value is -2.00. The Balaban J connectivity index is 2.03. The first-order chi connectivity index (χ1) is 9.65. The predicted octanol–water partition coefficient (Wildman–Crippen LogP) is 1.73. The van der Waals surface area contributed by atoms with E-state index in [1.807, 2.05) is 12.3 Å². The van der Waals surface area contributed by atoms with Gasteiger partial charge in [0.1, 0.15) is 6.04 Å². The van der Waals surface area contributed by atoms with Crippen LogP contribution in [0.4, 0.5) is 4.79 Å². The third kappa shape index (κ3) is 3.11. The molecule has 0 saturated carbocycles. The number of urea groups is 1. The minimum Gasteiger partial charge on any atom is -0.326 e. The average molecular weight is 289 g/mol. The van der Waals surface area contributed by atoms with Crippen LogP contribution >= 0.6 is 11.8 Å². The number of carbonyl (C=O) groups excluding carboxylic acids is 2. The van der Waals surface area contributed by atoms with Gasteiger partial charge in [0.15, 0.2) is 0 Å². The predicted molar refractivity (Wildman–Crippen MR) is 77.0 cm³/mol. The van der Waals surface area contributed by atoms with E-state index in [0.29, 0.717) is 12.0 Å². The van der Waals surface area contributed by atoms with Crippen molar-refractivity contribution in [3.63, 3.8) is 0 Å². The minimum atomic E-state index is -0.409. The number of hydrogen-bond donors (Lipinski definition) is 1. The molecule has 0 spiro atoms. The lowest BCUT2D eigenvalue weighted by Gasteiger charge is -2.13. The molecular formula is C14H15N3O2S. The fourth-order valence-corrected chi connectivity index (χ4v) is 2.50. The highest BCUT2D eigenvalue weighted by Gasteiger charge is 2.37. The van der Waals surface area contributed by atoms with Gasteiger partial charge in [-0.15, -0.1) is 0 Å². The summed E-state index contributed by atoms with van der Waals surface area (Å²) in [6.45, 7) is 0.242. The van der Waals surface area contributed by atoms with Crippen molar-refractivity contribution in [3.8, 4) is 6.07 Å². The van der Waals surface area contributed by atoms with E-state index in [4.69, 9.17) is 5.26 Å². The van der Waals surface area contributed by atoms with Gasteiger partial charge in [-0.1, -0.05) is 12.1 Å². The zero-order valence-corrected chi connectivity index (χ0v) is 11.9. The molecule has 0 radical (unpaired) electrons. The van der Waals surface area contributed by atoms with Gasteiger partial charge in [-0.3, -0.25) is 9.69 Å². The maximum atomic E-state index is 12.1. The molecule has 1 saturated heterocycles. The van der Waals surface area contributed by atoms with Gasteiger partial charge in [0.25, 0.3) is 5.91 Å². The van der Waals surface area contributed by atoms with Crippen LogP contribution in [0, 0.1) is 11.3 Å². The highest BCUT2D eigenvalue weighted by molar-refractivity contribution is 7.98. The van der Waals surface area contributed by atoms with E-state index in [1.54, 1.807) is 36.0 Å². The van der Waals surface area contributed by atoms with E-state index < -0.39 is 6.04 Å². The summed E-state index contributed by atoms with van der Waals surface area (Å²) in [6.07, 6.45) is 2.62. The number of benzene rings is 1. The summed E-state index contributed by atoms with van der Waals surface area (Å²) in [5.74, 6) is 0.662. The lowest BCUT2D eigenvalue weighted by molar-refractivity contribution is -0.127. The van der Waals surface area contributed by atoms with Crippen LogP contribution in [0.1, 0.15) is 17.5 Å². The van der Waals surface area contributed by atoms with Gasteiger partial charge in [0.05, 0.1) is 18.2 Å². The van der Waals surface area contributed by atoms with Crippen molar-refractivity contribution in [3.05, 3.63) is 35.4 Å². The molecule has 0 bridgehead atoms. The molecule has 1 fully saturated rings. The molecule has 6 heteroatoms. The van der Waals surface area contributed by atoms with Crippen molar-refractivity contribution in [1.82, 2.24) is 10.2 Å². The standard InChI is InChI=1S/C14H15N3O2S/c1-20-7-6-12-13(18)17(14(19)16-12)9-11-4-2-10(8-15)3-5-11/h2-5,12H,6-7,9H2,1H3,(H,16,19)/t12-/m0/s1. The molecule has 2 rings (SSSR count). The molecule has 1 aliphatic rings. The van der Waals surface area contributed by atoms with E-state index in [1.165, 1.54) is 4.90 Å². The fraction of sp³-hybridized carbons (Fsp3) is 0.357. The topological polar surface area (TPSA) is 73.2 Å². The molecule has 0 aliphatic carbocycles. The number of rotatable bonds is 5. The molecular weight excluding hydrogens is 274 g/mol. The molecule has 20 heavy (non-hydrogen) atoms. The average Bonchev–Trinajstić information content (AvgIpc) is 2.73. The Bertz CT molecular complexity index is 551. The lowest BCUT2D eigenvalue weighted by Crippen LogP contribution is -2.31. The van der Waals surface area contributed by atoms with Gasteiger partial charge in [0.2, 0.25) is 0 Å². The van der Waals surface area contributed by atoms with E-state index >= 15 is 0 Å². The SMILES string of the molecule is CSCC[C@@H]1NC(=O)N(Cc2ccc(C#N)cc2)C1=O. The molecule has 3 amide bonds. The summed E-state index contributed by atoms with van der Waals surface area (Å²) in [7, 11) is 0. The second kappa shape index (κ2) is 6.44. The molecule has 104 valence electrons. The first kappa shape index (κ1) is 14.4. The summed E-state index contributed by atoms with van der Waals surface area (Å²) in [6, 6.07) is 8.16. The van der Waals surface area contributed by atoms with Crippen LogP contribution in [-0.2, 0) is 11.3 Å². The van der Waals surface area contributed by atoms with Crippen LogP contribution in [-0.4, -0.2) is 34.9 Å². The Labute approximate surface area is 121 Å². The zero-order valence-electron chi connectivity index (χ0n) is 11.1. The van der Waals surface area contributed by atoms with Crippen molar-refractivity contribution in [2.24, 2.45) is 0 Å². The third-order valence-corrected chi connectivity index (χ3v) is 3.79. The smallest absolute Gasteiger partial charge is 0.325 e. The van der Waals surface area contributed by atoms with Crippen molar-refractivity contribution in [2.75, 3.05) is 12.0 Å². The number of nitrogens with zero attached hydrogens (tertiary/aromatic N) is 2. The lowest BCUT2D eigenvalue weighted by atomic mass is 10.1. The highest BCUT2D eigenvalue weighted by Crippen LogP contribution is 2.15. The third-order valence-electron chi connectivity index (χ3n) is 3.14. The van der Waals surface area contributed by atoms with Crippen LogP contribution in [0.3, 0.4) is 0 Å². The zero-order chi connectivity index (χ0) is 14.5. The largest absolute Gasteiger partial charge is 0.326 e. The van der Waals surface area contributed by atoms with E-state index in [0.717, 1.165) is 11.3 Å². The Morgan fingerprint density at radius 2 is 2.05 bits per heavy atom. The van der Waals surface area contributed by atoms with Crippen molar-refractivity contribution >= 4 is 23.7 Å². The molecule has 1 N–H and O–H groups in total. The van der Waals surface area contributed by atoms with Crippen molar-refractivity contribution in [1.29, 1.82) is 5.26 Å². The molecule has 1 aromatic carbocycles.